The van der Waals surface area contributed by atoms with Gasteiger partial charge >= 0.3 is 0 Å². The van der Waals surface area contributed by atoms with Crippen LogP contribution in [0.5, 0.6) is 0 Å². The monoisotopic (exact) mass is 201 g/mol. The second kappa shape index (κ2) is 11.0. The molecule has 0 fully saturated rings. The van der Waals surface area contributed by atoms with Crippen LogP contribution in [0.1, 0.15) is 52.4 Å². The quantitative estimate of drug-likeness (QED) is 0.549. The van der Waals surface area contributed by atoms with Gasteiger partial charge in [-0.3, -0.25) is 0 Å². The molecule has 1 unspecified atom stereocenters. The molecular formula is C12H27NO. The summed E-state index contributed by atoms with van der Waals surface area (Å²) >= 11 is 0. The summed E-state index contributed by atoms with van der Waals surface area (Å²) in [6, 6.07) is 0.684. The predicted octanol–water partition coefficient (Wildman–Crippen LogP) is 2.97. The molecule has 0 bridgehead atoms. The highest BCUT2D eigenvalue weighted by Gasteiger charge is 1.99. The minimum Gasteiger partial charge on any atom is -0.385 e. The Bertz CT molecular complexity index is 106. The second-order valence-electron chi connectivity index (χ2n) is 4.05. The van der Waals surface area contributed by atoms with Crippen molar-refractivity contribution in [2.24, 2.45) is 0 Å². The highest BCUT2D eigenvalue weighted by atomic mass is 16.5. The molecule has 86 valence electrons. The van der Waals surface area contributed by atoms with Gasteiger partial charge < -0.3 is 10.1 Å². The Morgan fingerprint density at radius 3 is 2.57 bits per heavy atom. The van der Waals surface area contributed by atoms with Gasteiger partial charge in [0, 0.05) is 19.8 Å². The summed E-state index contributed by atoms with van der Waals surface area (Å²) in [6.45, 7) is 6.57. The molecule has 0 aromatic carbocycles. The van der Waals surface area contributed by atoms with Crippen molar-refractivity contribution in [3.8, 4) is 0 Å². The molecular weight excluding hydrogens is 174 g/mol. The van der Waals surface area contributed by atoms with Crippen LogP contribution in [0.15, 0.2) is 0 Å². The minimum atomic E-state index is 0.684. The van der Waals surface area contributed by atoms with Crippen LogP contribution in [-0.2, 0) is 4.74 Å². The maximum absolute atomic E-state index is 5.00. The number of ether oxygens (including phenoxy) is 1. The lowest BCUT2D eigenvalue weighted by Gasteiger charge is -2.13. The molecule has 0 rings (SSSR count). The van der Waals surface area contributed by atoms with Gasteiger partial charge in [-0.2, -0.15) is 0 Å². The third kappa shape index (κ3) is 10.0. The van der Waals surface area contributed by atoms with Gasteiger partial charge in [0.25, 0.3) is 0 Å². The summed E-state index contributed by atoms with van der Waals surface area (Å²) in [7, 11) is 1.76. The summed E-state index contributed by atoms with van der Waals surface area (Å²) in [5.74, 6) is 0. The number of hydrogen-bond acceptors (Lipinski definition) is 2. The highest BCUT2D eigenvalue weighted by Crippen LogP contribution is 2.02. The number of methoxy groups -OCH3 is 1. The first kappa shape index (κ1) is 13.9. The van der Waals surface area contributed by atoms with Crippen LogP contribution < -0.4 is 5.32 Å². The zero-order valence-electron chi connectivity index (χ0n) is 10.1. The fourth-order valence-electron chi connectivity index (χ4n) is 1.52. The summed E-state index contributed by atoms with van der Waals surface area (Å²) in [4.78, 5) is 0. The molecule has 1 atom stereocenters. The van der Waals surface area contributed by atoms with Crippen molar-refractivity contribution in [3.05, 3.63) is 0 Å². The van der Waals surface area contributed by atoms with Crippen LogP contribution in [0.25, 0.3) is 0 Å². The Morgan fingerprint density at radius 1 is 1.14 bits per heavy atom. The van der Waals surface area contributed by atoms with Crippen LogP contribution in [0.3, 0.4) is 0 Å². The summed E-state index contributed by atoms with van der Waals surface area (Å²) in [5, 5.41) is 3.54. The van der Waals surface area contributed by atoms with E-state index in [4.69, 9.17) is 4.74 Å². The number of rotatable bonds is 10. The van der Waals surface area contributed by atoms with E-state index in [2.05, 4.69) is 19.2 Å². The smallest absolute Gasteiger partial charge is 0.0462 e. The van der Waals surface area contributed by atoms with E-state index in [9.17, 15) is 0 Å². The van der Waals surface area contributed by atoms with Crippen molar-refractivity contribution in [1.82, 2.24) is 5.32 Å². The van der Waals surface area contributed by atoms with E-state index in [0.29, 0.717) is 6.04 Å². The molecule has 2 nitrogen and oxygen atoms in total. The molecule has 0 aliphatic heterocycles. The van der Waals surface area contributed by atoms with Crippen molar-refractivity contribution in [2.45, 2.75) is 58.4 Å². The maximum atomic E-state index is 5.00. The number of hydrogen-bond donors (Lipinski definition) is 1. The van der Waals surface area contributed by atoms with Gasteiger partial charge in [0.15, 0.2) is 0 Å². The Hall–Kier alpha value is -0.0800. The molecule has 0 heterocycles. The van der Waals surface area contributed by atoms with Crippen LogP contribution in [0, 0.1) is 0 Å². The molecule has 0 spiro atoms. The fourth-order valence-corrected chi connectivity index (χ4v) is 1.52. The van der Waals surface area contributed by atoms with Crippen molar-refractivity contribution in [1.29, 1.82) is 0 Å². The summed E-state index contributed by atoms with van der Waals surface area (Å²) < 4.78 is 5.00. The summed E-state index contributed by atoms with van der Waals surface area (Å²) in [6.07, 6.45) is 7.77. The largest absolute Gasteiger partial charge is 0.385 e. The van der Waals surface area contributed by atoms with Crippen LogP contribution in [0.4, 0.5) is 0 Å². The standard InChI is InChI=1S/C12H27NO/c1-4-5-6-9-12(2)13-10-7-8-11-14-3/h12-13H,4-11H2,1-3H3. The molecule has 14 heavy (non-hydrogen) atoms. The lowest BCUT2D eigenvalue weighted by Crippen LogP contribution is -2.27. The van der Waals surface area contributed by atoms with E-state index in [1.165, 1.54) is 38.5 Å². The van der Waals surface area contributed by atoms with E-state index >= 15 is 0 Å². The molecule has 0 aliphatic rings. The molecule has 1 N–H and O–H groups in total. The maximum Gasteiger partial charge on any atom is 0.0462 e. The van der Waals surface area contributed by atoms with Crippen molar-refractivity contribution in [3.63, 3.8) is 0 Å². The molecule has 0 amide bonds. The van der Waals surface area contributed by atoms with E-state index in [-0.39, 0.29) is 0 Å². The molecule has 2 heteroatoms. The fraction of sp³-hybridized carbons (Fsp3) is 1.00. The van der Waals surface area contributed by atoms with Gasteiger partial charge in [-0.25, -0.2) is 0 Å². The lowest BCUT2D eigenvalue weighted by molar-refractivity contribution is 0.192. The lowest BCUT2D eigenvalue weighted by atomic mass is 10.1. The van der Waals surface area contributed by atoms with E-state index < -0.39 is 0 Å². The Morgan fingerprint density at radius 2 is 1.93 bits per heavy atom. The molecule has 0 radical (unpaired) electrons. The Labute approximate surface area is 89.4 Å². The van der Waals surface area contributed by atoms with E-state index in [1.54, 1.807) is 7.11 Å². The first-order valence-electron chi connectivity index (χ1n) is 6.03. The Kier molecular flexibility index (Phi) is 10.9. The minimum absolute atomic E-state index is 0.684. The second-order valence-corrected chi connectivity index (χ2v) is 4.05. The van der Waals surface area contributed by atoms with Gasteiger partial charge in [0.05, 0.1) is 0 Å². The Balaban J connectivity index is 3.06. The highest BCUT2D eigenvalue weighted by molar-refractivity contribution is 4.60. The first-order chi connectivity index (χ1) is 6.81. The van der Waals surface area contributed by atoms with Gasteiger partial charge in [0.1, 0.15) is 0 Å². The zero-order valence-corrected chi connectivity index (χ0v) is 10.1. The molecule has 0 saturated heterocycles. The van der Waals surface area contributed by atoms with Crippen molar-refractivity contribution < 1.29 is 4.74 Å². The predicted molar refractivity (Wildman–Crippen MR) is 62.7 cm³/mol. The average molecular weight is 201 g/mol. The van der Waals surface area contributed by atoms with Gasteiger partial charge in [-0.1, -0.05) is 26.2 Å². The normalized spacial score (nSPS) is 13.1. The topological polar surface area (TPSA) is 21.3 Å². The zero-order chi connectivity index (χ0) is 10.6. The number of nitrogens with one attached hydrogen (secondary N) is 1. The van der Waals surface area contributed by atoms with Gasteiger partial charge in [-0.15, -0.1) is 0 Å². The van der Waals surface area contributed by atoms with Gasteiger partial charge in [-0.05, 0) is 32.7 Å². The molecule has 0 saturated carbocycles. The summed E-state index contributed by atoms with van der Waals surface area (Å²) in [5.41, 5.74) is 0. The van der Waals surface area contributed by atoms with Crippen LogP contribution in [0.2, 0.25) is 0 Å². The van der Waals surface area contributed by atoms with E-state index in [0.717, 1.165) is 13.2 Å². The van der Waals surface area contributed by atoms with E-state index in [1.807, 2.05) is 0 Å². The van der Waals surface area contributed by atoms with Crippen LogP contribution >= 0.6 is 0 Å². The van der Waals surface area contributed by atoms with Crippen LogP contribution in [-0.4, -0.2) is 26.3 Å². The van der Waals surface area contributed by atoms with Crippen molar-refractivity contribution >= 4 is 0 Å². The van der Waals surface area contributed by atoms with Gasteiger partial charge in [0.2, 0.25) is 0 Å². The van der Waals surface area contributed by atoms with Crippen molar-refractivity contribution in [2.75, 3.05) is 20.3 Å². The molecule has 0 aromatic heterocycles. The average Bonchev–Trinajstić information content (AvgIpc) is 2.18. The SMILES string of the molecule is CCCCCC(C)NCCCCOC. The molecule has 0 aliphatic carbocycles. The third-order valence-corrected chi connectivity index (χ3v) is 2.51. The molecule has 0 aromatic rings. The first-order valence-corrected chi connectivity index (χ1v) is 6.03. The third-order valence-electron chi connectivity index (χ3n) is 2.51. The number of unbranched alkanes of at least 4 members (excludes halogenated alkanes) is 3.